The first-order chi connectivity index (χ1) is 9.60. The lowest BCUT2D eigenvalue weighted by atomic mass is 10.1. The maximum absolute atomic E-state index is 12.0. The Hall–Kier alpha value is -2.31. The zero-order valence-electron chi connectivity index (χ0n) is 11.0. The molecule has 0 unspecified atom stereocenters. The number of para-hydroxylation sites is 1. The Morgan fingerprint density at radius 2 is 2.05 bits per heavy atom. The third kappa shape index (κ3) is 3.37. The highest BCUT2D eigenvalue weighted by molar-refractivity contribution is 6.31. The van der Waals surface area contributed by atoms with Crippen LogP contribution in [0.2, 0.25) is 5.02 Å². The van der Waals surface area contributed by atoms with Crippen molar-refractivity contribution in [2.24, 2.45) is 0 Å². The fourth-order valence-corrected chi connectivity index (χ4v) is 2.00. The molecule has 0 aliphatic carbocycles. The number of anilines is 1. The summed E-state index contributed by atoms with van der Waals surface area (Å²) in [6, 6.07) is 12.5. The molecule has 2 rings (SSSR count). The zero-order chi connectivity index (χ0) is 14.5. The third-order valence-electron chi connectivity index (χ3n) is 2.92. The highest BCUT2D eigenvalue weighted by atomic mass is 35.5. The molecule has 20 heavy (non-hydrogen) atoms. The van der Waals surface area contributed by atoms with Crippen molar-refractivity contribution in [3.63, 3.8) is 0 Å². The van der Waals surface area contributed by atoms with Gasteiger partial charge >= 0.3 is 0 Å². The number of carbonyl (C=O) groups is 1. The number of hydrogen-bond donors (Lipinski definition) is 1. The summed E-state index contributed by atoms with van der Waals surface area (Å²) in [6.07, 6.45) is 0.171. The molecule has 0 radical (unpaired) electrons. The van der Waals surface area contributed by atoms with Crippen LogP contribution in [0.4, 0.5) is 11.4 Å². The van der Waals surface area contributed by atoms with Crippen LogP contribution in [0.5, 0.6) is 0 Å². The van der Waals surface area contributed by atoms with Crippen LogP contribution in [-0.4, -0.2) is 5.91 Å². The van der Waals surface area contributed by atoms with Crippen molar-refractivity contribution in [2.75, 3.05) is 5.32 Å². The highest BCUT2D eigenvalue weighted by Gasteiger charge is 2.08. The number of nitrogens with zero attached hydrogens (tertiary/aromatic N) is 1. The maximum atomic E-state index is 12.0. The van der Waals surface area contributed by atoms with Gasteiger partial charge < -0.3 is 5.32 Å². The van der Waals surface area contributed by atoms with Gasteiger partial charge in [0.2, 0.25) is 5.91 Å². The predicted octanol–water partition coefficient (Wildman–Crippen LogP) is 4.38. The van der Waals surface area contributed by atoms with E-state index in [1.165, 1.54) is 0 Å². The minimum absolute atomic E-state index is 0.166. The SMILES string of the molecule is [C-]#[N+]c1ccccc1CC(=O)Nc1ccc(C)c(Cl)c1. The van der Waals surface area contributed by atoms with Gasteiger partial charge in [-0.05, 0) is 30.2 Å². The molecular formula is C16H13ClN2O. The van der Waals surface area contributed by atoms with Crippen molar-refractivity contribution < 1.29 is 4.79 Å². The molecule has 0 aromatic heterocycles. The molecule has 1 amide bonds. The summed E-state index contributed by atoms with van der Waals surface area (Å²) in [7, 11) is 0. The molecule has 0 spiro atoms. The molecule has 0 saturated carbocycles. The number of aryl methyl sites for hydroxylation is 1. The molecule has 0 fully saturated rings. The summed E-state index contributed by atoms with van der Waals surface area (Å²) in [5.41, 5.74) is 2.84. The molecule has 0 heterocycles. The molecule has 0 bridgehead atoms. The van der Waals surface area contributed by atoms with E-state index in [1.54, 1.807) is 30.3 Å². The van der Waals surface area contributed by atoms with Crippen LogP contribution in [0.25, 0.3) is 4.85 Å². The lowest BCUT2D eigenvalue weighted by Gasteiger charge is -2.08. The van der Waals surface area contributed by atoms with Crippen LogP contribution in [0.1, 0.15) is 11.1 Å². The Morgan fingerprint density at radius 3 is 2.75 bits per heavy atom. The van der Waals surface area contributed by atoms with Gasteiger partial charge in [0.1, 0.15) is 0 Å². The van der Waals surface area contributed by atoms with Crippen molar-refractivity contribution in [1.29, 1.82) is 0 Å². The first-order valence-corrected chi connectivity index (χ1v) is 6.49. The summed E-state index contributed by atoms with van der Waals surface area (Å²) >= 11 is 6.01. The lowest BCUT2D eigenvalue weighted by molar-refractivity contribution is -0.115. The molecule has 4 heteroatoms. The van der Waals surface area contributed by atoms with Gasteiger partial charge in [0, 0.05) is 17.1 Å². The number of amides is 1. The minimum Gasteiger partial charge on any atom is -0.326 e. The average molecular weight is 285 g/mol. The van der Waals surface area contributed by atoms with E-state index in [4.69, 9.17) is 18.2 Å². The van der Waals surface area contributed by atoms with Gasteiger partial charge in [-0.15, -0.1) is 0 Å². The standard InChI is InChI=1S/C16H13ClN2O/c1-11-7-8-13(10-14(11)17)19-16(20)9-12-5-3-4-6-15(12)18-2/h3-8,10H,9H2,1H3,(H,19,20). The highest BCUT2D eigenvalue weighted by Crippen LogP contribution is 2.22. The molecule has 0 aliphatic heterocycles. The Bertz CT molecular complexity index is 689. The van der Waals surface area contributed by atoms with Gasteiger partial charge in [-0.25, -0.2) is 4.85 Å². The molecule has 1 N–H and O–H groups in total. The Morgan fingerprint density at radius 1 is 1.30 bits per heavy atom. The molecular weight excluding hydrogens is 272 g/mol. The van der Waals surface area contributed by atoms with Crippen LogP contribution in [0.3, 0.4) is 0 Å². The smallest absolute Gasteiger partial charge is 0.227 e. The van der Waals surface area contributed by atoms with Crippen LogP contribution >= 0.6 is 11.6 Å². The predicted molar refractivity (Wildman–Crippen MR) is 81.2 cm³/mol. The Balaban J connectivity index is 2.09. The Labute approximate surface area is 123 Å². The maximum Gasteiger partial charge on any atom is 0.227 e. The van der Waals surface area contributed by atoms with E-state index in [2.05, 4.69) is 10.2 Å². The summed E-state index contributed by atoms with van der Waals surface area (Å²) < 4.78 is 0. The van der Waals surface area contributed by atoms with E-state index in [0.717, 1.165) is 11.1 Å². The van der Waals surface area contributed by atoms with E-state index < -0.39 is 0 Å². The monoisotopic (exact) mass is 284 g/mol. The van der Waals surface area contributed by atoms with E-state index in [0.29, 0.717) is 16.4 Å². The van der Waals surface area contributed by atoms with Crippen molar-refractivity contribution in [1.82, 2.24) is 0 Å². The van der Waals surface area contributed by atoms with Crippen molar-refractivity contribution in [3.05, 3.63) is 70.0 Å². The first-order valence-electron chi connectivity index (χ1n) is 6.11. The fraction of sp³-hybridized carbons (Fsp3) is 0.125. The van der Waals surface area contributed by atoms with Gasteiger partial charge in [-0.2, -0.15) is 0 Å². The topological polar surface area (TPSA) is 33.5 Å². The second kappa shape index (κ2) is 6.23. The number of halogens is 1. The molecule has 2 aromatic rings. The third-order valence-corrected chi connectivity index (χ3v) is 3.33. The van der Waals surface area contributed by atoms with Crippen molar-refractivity contribution >= 4 is 28.9 Å². The summed E-state index contributed by atoms with van der Waals surface area (Å²) in [6.45, 7) is 8.98. The largest absolute Gasteiger partial charge is 0.326 e. The molecule has 0 atom stereocenters. The summed E-state index contributed by atoms with van der Waals surface area (Å²) in [4.78, 5) is 15.4. The number of nitrogens with one attached hydrogen (secondary N) is 1. The normalized spacial score (nSPS) is 9.85. The van der Waals surface area contributed by atoms with E-state index >= 15 is 0 Å². The second-order valence-electron chi connectivity index (χ2n) is 4.43. The van der Waals surface area contributed by atoms with E-state index in [1.807, 2.05) is 19.1 Å². The number of rotatable bonds is 3. The lowest BCUT2D eigenvalue weighted by Crippen LogP contribution is -2.14. The number of benzene rings is 2. The second-order valence-corrected chi connectivity index (χ2v) is 4.84. The molecule has 2 aromatic carbocycles. The van der Waals surface area contributed by atoms with Crippen LogP contribution in [0.15, 0.2) is 42.5 Å². The first kappa shape index (κ1) is 14.1. The van der Waals surface area contributed by atoms with Gasteiger partial charge in [0.05, 0.1) is 6.57 Å². The fourth-order valence-electron chi connectivity index (χ4n) is 1.82. The van der Waals surface area contributed by atoms with Crippen molar-refractivity contribution in [2.45, 2.75) is 13.3 Å². The molecule has 100 valence electrons. The molecule has 3 nitrogen and oxygen atoms in total. The Kier molecular flexibility index (Phi) is 4.39. The summed E-state index contributed by atoms with van der Waals surface area (Å²) in [5, 5.41) is 3.40. The molecule has 0 aliphatic rings. The number of carbonyl (C=O) groups excluding carboxylic acids is 1. The van der Waals surface area contributed by atoms with Gasteiger partial charge in [0.15, 0.2) is 5.69 Å². The van der Waals surface area contributed by atoms with Crippen LogP contribution in [-0.2, 0) is 11.2 Å². The van der Waals surface area contributed by atoms with Crippen molar-refractivity contribution in [3.8, 4) is 0 Å². The van der Waals surface area contributed by atoms with E-state index in [9.17, 15) is 4.79 Å². The molecule has 0 saturated heterocycles. The van der Waals surface area contributed by atoms with Gasteiger partial charge in [0.25, 0.3) is 0 Å². The van der Waals surface area contributed by atoms with Crippen LogP contribution < -0.4 is 5.32 Å². The minimum atomic E-state index is -0.166. The number of hydrogen-bond acceptors (Lipinski definition) is 1. The average Bonchev–Trinajstić information content (AvgIpc) is 2.43. The zero-order valence-corrected chi connectivity index (χ0v) is 11.7. The summed E-state index contributed by atoms with van der Waals surface area (Å²) in [5.74, 6) is -0.166. The van der Waals surface area contributed by atoms with Gasteiger partial charge in [-0.3, -0.25) is 4.79 Å². The van der Waals surface area contributed by atoms with Gasteiger partial charge in [-0.1, -0.05) is 41.9 Å². The van der Waals surface area contributed by atoms with Crippen LogP contribution in [0, 0.1) is 13.5 Å². The van der Waals surface area contributed by atoms with E-state index in [-0.39, 0.29) is 12.3 Å². The quantitative estimate of drug-likeness (QED) is 0.834.